The van der Waals surface area contributed by atoms with Crippen molar-refractivity contribution in [3.63, 3.8) is 0 Å². The minimum atomic E-state index is -0.401. The predicted octanol–water partition coefficient (Wildman–Crippen LogP) is 4.56. The maximum Gasteiger partial charge on any atom is 0.204 e. The van der Waals surface area contributed by atoms with E-state index in [0.29, 0.717) is 11.5 Å². The molecular formula is C33H40N2O8. The Hall–Kier alpha value is -4.28. The summed E-state index contributed by atoms with van der Waals surface area (Å²) in [5.74, 6) is 1.04. The second-order valence-electron chi connectivity index (χ2n) is 9.94. The van der Waals surface area contributed by atoms with Crippen molar-refractivity contribution in [2.75, 3.05) is 68.8 Å². The van der Waals surface area contributed by atoms with Gasteiger partial charge in [0.15, 0.2) is 34.6 Å². The first-order valence-electron chi connectivity index (χ1n) is 14.1. The number of piperazine rings is 1. The fourth-order valence-corrected chi connectivity index (χ4v) is 5.70. The smallest absolute Gasteiger partial charge is 0.204 e. The lowest BCUT2D eigenvalue weighted by Gasteiger charge is -2.35. The lowest BCUT2D eigenvalue weighted by Crippen LogP contribution is -2.45. The number of hydrogen-bond acceptors (Lipinski definition) is 10. The number of ether oxygens (including phenoxy) is 6. The van der Waals surface area contributed by atoms with E-state index in [1.807, 2.05) is 12.1 Å². The summed E-state index contributed by atoms with van der Waals surface area (Å²) < 4.78 is 33.1. The second-order valence-corrected chi connectivity index (χ2v) is 9.94. The standard InChI is InChI=1S/C33H40N2O8/c1-8-25(35-17-15-34-16-18-35)20-9-10-21(28(36)22-11-13-26(38-2)32(42-6)30(22)40-4)24(19-20)29(37)23-12-14-27(39-3)33(43-7)31(23)41-5/h9-14,19,25,34H,8,15-18H2,1-7H3. The highest BCUT2D eigenvalue weighted by Gasteiger charge is 2.30. The minimum absolute atomic E-state index is 0.0701. The molecule has 1 fully saturated rings. The summed E-state index contributed by atoms with van der Waals surface area (Å²) in [4.78, 5) is 31.1. The van der Waals surface area contributed by atoms with Crippen molar-refractivity contribution in [2.24, 2.45) is 0 Å². The van der Waals surface area contributed by atoms with Crippen LogP contribution in [0.4, 0.5) is 0 Å². The van der Waals surface area contributed by atoms with Crippen LogP contribution >= 0.6 is 0 Å². The molecule has 0 aromatic heterocycles. The Labute approximate surface area is 252 Å². The molecule has 0 spiro atoms. The average molecular weight is 593 g/mol. The van der Waals surface area contributed by atoms with Crippen LogP contribution in [0.5, 0.6) is 34.5 Å². The minimum Gasteiger partial charge on any atom is -0.493 e. The van der Waals surface area contributed by atoms with Crippen LogP contribution in [-0.4, -0.2) is 85.3 Å². The van der Waals surface area contributed by atoms with Crippen molar-refractivity contribution in [1.29, 1.82) is 0 Å². The zero-order chi connectivity index (χ0) is 31.1. The summed E-state index contributed by atoms with van der Waals surface area (Å²) in [6.07, 6.45) is 0.837. The lowest BCUT2D eigenvalue weighted by atomic mass is 9.88. The van der Waals surface area contributed by atoms with Gasteiger partial charge in [0.25, 0.3) is 0 Å². The van der Waals surface area contributed by atoms with Crippen molar-refractivity contribution in [3.8, 4) is 34.5 Å². The zero-order valence-corrected chi connectivity index (χ0v) is 25.9. The van der Waals surface area contributed by atoms with Gasteiger partial charge in [-0.3, -0.25) is 14.5 Å². The van der Waals surface area contributed by atoms with E-state index in [4.69, 9.17) is 28.4 Å². The average Bonchev–Trinajstić information content (AvgIpc) is 3.06. The van der Waals surface area contributed by atoms with E-state index in [0.717, 1.165) is 38.2 Å². The molecule has 1 aliphatic rings. The largest absolute Gasteiger partial charge is 0.493 e. The molecule has 10 nitrogen and oxygen atoms in total. The second kappa shape index (κ2) is 14.3. The van der Waals surface area contributed by atoms with Gasteiger partial charge >= 0.3 is 0 Å². The quantitative estimate of drug-likeness (QED) is 0.284. The normalized spacial score (nSPS) is 14.0. The molecule has 3 aromatic rings. The van der Waals surface area contributed by atoms with E-state index < -0.39 is 11.6 Å². The molecule has 3 aromatic carbocycles. The molecule has 0 radical (unpaired) electrons. The third kappa shape index (κ3) is 6.11. The number of hydrogen-bond donors (Lipinski definition) is 1. The lowest BCUT2D eigenvalue weighted by molar-refractivity contribution is 0.0999. The molecule has 1 aliphatic heterocycles. The Balaban J connectivity index is 1.93. The molecule has 4 rings (SSSR count). The van der Waals surface area contributed by atoms with Crippen LogP contribution in [0.3, 0.4) is 0 Å². The number of methoxy groups -OCH3 is 6. The first-order valence-corrected chi connectivity index (χ1v) is 14.1. The molecule has 1 heterocycles. The number of nitrogens with zero attached hydrogens (tertiary/aromatic N) is 1. The Morgan fingerprint density at radius 2 is 1.12 bits per heavy atom. The summed E-state index contributed by atoms with van der Waals surface area (Å²) in [6, 6.07) is 12.1. The molecular weight excluding hydrogens is 552 g/mol. The summed E-state index contributed by atoms with van der Waals surface area (Å²) in [6.45, 7) is 5.67. The summed E-state index contributed by atoms with van der Waals surface area (Å²) in [5.41, 5.74) is 1.86. The molecule has 1 saturated heterocycles. The monoisotopic (exact) mass is 592 g/mol. The first kappa shape index (κ1) is 31.7. The summed E-state index contributed by atoms with van der Waals surface area (Å²) in [5, 5.41) is 3.39. The summed E-state index contributed by atoms with van der Waals surface area (Å²) >= 11 is 0. The number of nitrogens with one attached hydrogen (secondary N) is 1. The van der Waals surface area contributed by atoms with E-state index >= 15 is 0 Å². The van der Waals surface area contributed by atoms with E-state index in [-0.39, 0.29) is 51.3 Å². The van der Waals surface area contributed by atoms with Gasteiger partial charge in [-0.2, -0.15) is 0 Å². The van der Waals surface area contributed by atoms with Crippen molar-refractivity contribution >= 4 is 11.6 Å². The van der Waals surface area contributed by atoms with Gasteiger partial charge in [0.1, 0.15) is 0 Å². The number of benzene rings is 3. The molecule has 0 saturated carbocycles. The highest BCUT2D eigenvalue weighted by atomic mass is 16.5. The van der Waals surface area contributed by atoms with Crippen LogP contribution in [0, 0.1) is 0 Å². The van der Waals surface area contributed by atoms with E-state index in [1.54, 1.807) is 30.3 Å². The number of carbonyl (C=O) groups excluding carboxylic acids is 2. The van der Waals surface area contributed by atoms with E-state index in [1.165, 1.54) is 42.7 Å². The highest BCUT2D eigenvalue weighted by molar-refractivity contribution is 6.21. The van der Waals surface area contributed by atoms with Gasteiger partial charge in [-0.15, -0.1) is 0 Å². The zero-order valence-electron chi connectivity index (χ0n) is 25.9. The van der Waals surface area contributed by atoms with Crippen molar-refractivity contribution in [3.05, 3.63) is 70.3 Å². The van der Waals surface area contributed by atoms with E-state index in [9.17, 15) is 9.59 Å². The number of rotatable bonds is 13. The fraction of sp³-hybridized carbons (Fsp3) is 0.394. The van der Waals surface area contributed by atoms with Crippen molar-refractivity contribution < 1.29 is 38.0 Å². The molecule has 1 N–H and O–H groups in total. The maximum absolute atomic E-state index is 14.4. The molecule has 0 aliphatic carbocycles. The van der Waals surface area contributed by atoms with Gasteiger partial charge in [-0.25, -0.2) is 0 Å². The molecule has 0 bridgehead atoms. The summed E-state index contributed by atoms with van der Waals surface area (Å²) in [7, 11) is 8.89. The van der Waals surface area contributed by atoms with Crippen molar-refractivity contribution in [2.45, 2.75) is 19.4 Å². The SMILES string of the molecule is CCC(c1ccc(C(=O)c2ccc(OC)c(OC)c2OC)c(C(=O)c2ccc(OC)c(OC)c2OC)c1)N1CCNCC1. The van der Waals surface area contributed by atoms with Gasteiger partial charge in [0, 0.05) is 43.3 Å². The molecule has 1 unspecified atom stereocenters. The van der Waals surface area contributed by atoms with E-state index in [2.05, 4.69) is 17.1 Å². The third-order valence-electron chi connectivity index (χ3n) is 7.79. The molecule has 10 heteroatoms. The number of ketones is 2. The van der Waals surface area contributed by atoms with Gasteiger partial charge in [-0.05, 0) is 48.4 Å². The van der Waals surface area contributed by atoms with Gasteiger partial charge < -0.3 is 33.7 Å². The van der Waals surface area contributed by atoms with Crippen molar-refractivity contribution in [1.82, 2.24) is 10.2 Å². The van der Waals surface area contributed by atoms with Crippen LogP contribution in [0.15, 0.2) is 42.5 Å². The van der Waals surface area contributed by atoms with Crippen LogP contribution in [0.1, 0.15) is 56.8 Å². The first-order chi connectivity index (χ1) is 20.9. The van der Waals surface area contributed by atoms with Crippen LogP contribution in [0.2, 0.25) is 0 Å². The molecule has 1 atom stereocenters. The fourth-order valence-electron chi connectivity index (χ4n) is 5.70. The van der Waals surface area contributed by atoms with Crippen LogP contribution in [-0.2, 0) is 0 Å². The number of carbonyl (C=O) groups is 2. The topological polar surface area (TPSA) is 105 Å². The molecule has 43 heavy (non-hydrogen) atoms. The van der Waals surface area contributed by atoms with Crippen LogP contribution < -0.4 is 33.7 Å². The molecule has 230 valence electrons. The maximum atomic E-state index is 14.4. The van der Waals surface area contributed by atoms with Gasteiger partial charge in [0.2, 0.25) is 11.5 Å². The Kier molecular flexibility index (Phi) is 10.5. The van der Waals surface area contributed by atoms with Gasteiger partial charge in [-0.1, -0.05) is 13.0 Å². The van der Waals surface area contributed by atoms with Crippen LogP contribution in [0.25, 0.3) is 0 Å². The third-order valence-corrected chi connectivity index (χ3v) is 7.79. The predicted molar refractivity (Wildman–Crippen MR) is 163 cm³/mol. The Bertz CT molecular complexity index is 1470. The molecule has 0 amide bonds. The van der Waals surface area contributed by atoms with Gasteiger partial charge in [0.05, 0.1) is 53.8 Å². The highest BCUT2D eigenvalue weighted by Crippen LogP contribution is 2.43. The Morgan fingerprint density at radius 1 is 0.651 bits per heavy atom. The Morgan fingerprint density at radius 3 is 1.56 bits per heavy atom.